The van der Waals surface area contributed by atoms with Gasteiger partial charge in [-0.3, -0.25) is 4.79 Å². The summed E-state index contributed by atoms with van der Waals surface area (Å²) in [6.07, 6.45) is 3.70. The summed E-state index contributed by atoms with van der Waals surface area (Å²) in [5, 5.41) is 2.77. The Balaban J connectivity index is 1.68. The fraction of sp³-hybridized carbons (Fsp3) is 0.125. The molecule has 0 spiro atoms. The summed E-state index contributed by atoms with van der Waals surface area (Å²) in [7, 11) is 0. The number of anilines is 1. The van der Waals surface area contributed by atoms with Crippen molar-refractivity contribution < 1.29 is 9.53 Å². The summed E-state index contributed by atoms with van der Waals surface area (Å²) >= 11 is 0. The molecule has 0 aliphatic carbocycles. The third-order valence-corrected chi connectivity index (χ3v) is 3.12. The number of hydrogen-bond acceptors (Lipinski definition) is 4. The van der Waals surface area contributed by atoms with Crippen LogP contribution in [0.3, 0.4) is 0 Å². The lowest BCUT2D eigenvalue weighted by molar-refractivity contribution is -0.118. The Bertz CT molecular complexity index is 783. The number of amides is 1. The Morgan fingerprint density at radius 1 is 1.23 bits per heavy atom. The Hall–Kier alpha value is -2.86. The van der Waals surface area contributed by atoms with Crippen molar-refractivity contribution in [2.75, 3.05) is 11.9 Å². The number of carbonyl (C=O) groups excluding carboxylic acids is 1. The van der Waals surface area contributed by atoms with E-state index in [9.17, 15) is 4.79 Å². The number of pyridine rings is 1. The minimum absolute atomic E-state index is 0.0839. The van der Waals surface area contributed by atoms with Gasteiger partial charge in [0.2, 0.25) is 0 Å². The Morgan fingerprint density at radius 3 is 2.82 bits per heavy atom. The van der Waals surface area contributed by atoms with Gasteiger partial charge in [0.1, 0.15) is 0 Å². The van der Waals surface area contributed by atoms with Crippen molar-refractivity contribution in [3.8, 4) is 5.75 Å². The van der Waals surface area contributed by atoms with E-state index in [1.807, 2.05) is 53.2 Å². The van der Waals surface area contributed by atoms with E-state index in [4.69, 9.17) is 10.5 Å². The number of para-hydroxylation sites is 1. The number of nitrogens with zero attached hydrogens (tertiary/aromatic N) is 2. The topological polar surface area (TPSA) is 81.6 Å². The molecule has 0 atom stereocenters. The summed E-state index contributed by atoms with van der Waals surface area (Å²) in [6.45, 7) is 0.273. The Kier molecular flexibility index (Phi) is 4.02. The van der Waals surface area contributed by atoms with Crippen molar-refractivity contribution in [3.63, 3.8) is 0 Å². The van der Waals surface area contributed by atoms with Gasteiger partial charge in [0.05, 0.1) is 5.69 Å². The van der Waals surface area contributed by atoms with Crippen molar-refractivity contribution in [2.24, 2.45) is 5.73 Å². The van der Waals surface area contributed by atoms with Gasteiger partial charge in [-0.15, -0.1) is 0 Å². The van der Waals surface area contributed by atoms with Crippen LogP contribution in [0.1, 0.15) is 5.69 Å². The first-order chi connectivity index (χ1) is 10.8. The van der Waals surface area contributed by atoms with Gasteiger partial charge >= 0.3 is 0 Å². The first-order valence-corrected chi connectivity index (χ1v) is 6.90. The monoisotopic (exact) mass is 296 g/mol. The van der Waals surface area contributed by atoms with Crippen LogP contribution >= 0.6 is 0 Å². The maximum atomic E-state index is 11.9. The van der Waals surface area contributed by atoms with Crippen LogP contribution in [-0.2, 0) is 11.3 Å². The second-order valence-corrected chi connectivity index (χ2v) is 4.74. The van der Waals surface area contributed by atoms with Gasteiger partial charge in [0.25, 0.3) is 5.91 Å². The number of fused-ring (bicyclic) bond motifs is 1. The number of hydrogen-bond donors (Lipinski definition) is 2. The second-order valence-electron chi connectivity index (χ2n) is 4.74. The highest BCUT2D eigenvalue weighted by atomic mass is 16.5. The van der Waals surface area contributed by atoms with Crippen LogP contribution in [0.25, 0.3) is 5.65 Å². The van der Waals surface area contributed by atoms with E-state index in [0.717, 1.165) is 11.4 Å². The van der Waals surface area contributed by atoms with Crippen LogP contribution in [0.4, 0.5) is 5.69 Å². The second kappa shape index (κ2) is 6.28. The molecule has 0 aliphatic heterocycles. The number of imidazole rings is 1. The average Bonchev–Trinajstić information content (AvgIpc) is 2.97. The number of nitrogens with two attached hydrogens (primary N) is 1. The van der Waals surface area contributed by atoms with E-state index < -0.39 is 0 Å². The van der Waals surface area contributed by atoms with Gasteiger partial charge in [0.15, 0.2) is 18.0 Å². The molecule has 22 heavy (non-hydrogen) atoms. The largest absolute Gasteiger partial charge is 0.480 e. The molecule has 1 aromatic carbocycles. The zero-order valence-corrected chi connectivity index (χ0v) is 11.9. The molecule has 0 saturated heterocycles. The molecule has 3 N–H and O–H groups in total. The van der Waals surface area contributed by atoms with Crippen LogP contribution < -0.4 is 15.8 Å². The molecule has 0 aliphatic rings. The first-order valence-electron chi connectivity index (χ1n) is 6.90. The third kappa shape index (κ3) is 3.07. The molecule has 6 nitrogen and oxygen atoms in total. The molecule has 0 saturated carbocycles. The minimum Gasteiger partial charge on any atom is -0.480 e. The molecule has 0 unspecified atom stereocenters. The molecule has 0 fully saturated rings. The van der Waals surface area contributed by atoms with E-state index in [2.05, 4.69) is 10.3 Å². The van der Waals surface area contributed by atoms with Crippen LogP contribution in [-0.4, -0.2) is 21.9 Å². The van der Waals surface area contributed by atoms with Gasteiger partial charge in [0, 0.05) is 24.6 Å². The number of aromatic nitrogens is 2. The third-order valence-electron chi connectivity index (χ3n) is 3.12. The number of nitrogens with one attached hydrogen (secondary N) is 1. The van der Waals surface area contributed by atoms with Crippen molar-refractivity contribution in [1.82, 2.24) is 9.38 Å². The van der Waals surface area contributed by atoms with Gasteiger partial charge in [-0.25, -0.2) is 4.98 Å². The van der Waals surface area contributed by atoms with Crippen LogP contribution in [0, 0.1) is 0 Å². The number of ether oxygens (including phenoxy) is 1. The lowest BCUT2D eigenvalue weighted by Gasteiger charge is -2.08. The fourth-order valence-corrected chi connectivity index (χ4v) is 2.11. The predicted octanol–water partition coefficient (Wildman–Crippen LogP) is 1.81. The smallest absolute Gasteiger partial charge is 0.262 e. The highest BCUT2D eigenvalue weighted by Crippen LogP contribution is 2.19. The molecular weight excluding hydrogens is 280 g/mol. The zero-order chi connectivity index (χ0) is 15.4. The van der Waals surface area contributed by atoms with E-state index in [1.165, 1.54) is 0 Å². The molecule has 0 radical (unpaired) electrons. The molecule has 0 bridgehead atoms. The average molecular weight is 296 g/mol. The SMILES string of the molecule is NCc1cn2cccc(OCC(=O)Nc3ccccc3)c2n1. The van der Waals surface area contributed by atoms with E-state index >= 15 is 0 Å². The number of benzene rings is 1. The van der Waals surface area contributed by atoms with Crippen LogP contribution in [0.2, 0.25) is 0 Å². The summed E-state index contributed by atoms with van der Waals surface area (Å²) in [6, 6.07) is 12.9. The van der Waals surface area contributed by atoms with Crippen molar-refractivity contribution in [3.05, 3.63) is 60.6 Å². The lowest BCUT2D eigenvalue weighted by atomic mass is 10.3. The highest BCUT2D eigenvalue weighted by molar-refractivity contribution is 5.91. The van der Waals surface area contributed by atoms with Gasteiger partial charge in [-0.1, -0.05) is 18.2 Å². The molecular formula is C16H16N4O2. The van der Waals surface area contributed by atoms with Gasteiger partial charge in [-0.05, 0) is 24.3 Å². The van der Waals surface area contributed by atoms with Gasteiger partial charge < -0.3 is 20.2 Å². The molecule has 112 valence electrons. The summed E-state index contributed by atoms with van der Waals surface area (Å²) < 4.78 is 7.40. The fourth-order valence-electron chi connectivity index (χ4n) is 2.11. The normalized spacial score (nSPS) is 10.6. The Morgan fingerprint density at radius 2 is 2.05 bits per heavy atom. The molecule has 3 rings (SSSR count). The molecule has 3 aromatic rings. The number of rotatable bonds is 5. The zero-order valence-electron chi connectivity index (χ0n) is 11.9. The maximum Gasteiger partial charge on any atom is 0.262 e. The maximum absolute atomic E-state index is 11.9. The van der Waals surface area contributed by atoms with E-state index in [0.29, 0.717) is 17.9 Å². The summed E-state index contributed by atoms with van der Waals surface area (Å²) in [4.78, 5) is 16.3. The first kappa shape index (κ1) is 14.1. The van der Waals surface area contributed by atoms with Gasteiger partial charge in [-0.2, -0.15) is 0 Å². The standard InChI is InChI=1S/C16H16N4O2/c17-9-13-10-20-8-4-7-14(16(20)19-13)22-11-15(21)18-12-5-2-1-3-6-12/h1-8,10H,9,11,17H2,(H,18,21). The van der Waals surface area contributed by atoms with E-state index in [1.54, 1.807) is 6.07 Å². The number of carbonyl (C=O) groups is 1. The van der Waals surface area contributed by atoms with E-state index in [-0.39, 0.29) is 12.5 Å². The van der Waals surface area contributed by atoms with Crippen molar-refractivity contribution >= 4 is 17.2 Å². The minimum atomic E-state index is -0.223. The lowest BCUT2D eigenvalue weighted by Crippen LogP contribution is -2.20. The summed E-state index contributed by atoms with van der Waals surface area (Å²) in [5.41, 5.74) is 7.74. The van der Waals surface area contributed by atoms with Crippen LogP contribution in [0.5, 0.6) is 5.75 Å². The van der Waals surface area contributed by atoms with Crippen molar-refractivity contribution in [2.45, 2.75) is 6.54 Å². The summed E-state index contributed by atoms with van der Waals surface area (Å²) in [5.74, 6) is 0.323. The quantitative estimate of drug-likeness (QED) is 0.752. The predicted molar refractivity (Wildman–Crippen MR) is 83.7 cm³/mol. The highest BCUT2D eigenvalue weighted by Gasteiger charge is 2.09. The molecule has 2 aromatic heterocycles. The van der Waals surface area contributed by atoms with Crippen molar-refractivity contribution in [1.29, 1.82) is 0 Å². The molecule has 2 heterocycles. The Labute approximate surface area is 127 Å². The molecule has 1 amide bonds. The van der Waals surface area contributed by atoms with Crippen LogP contribution in [0.15, 0.2) is 54.9 Å². The molecule has 6 heteroatoms.